The van der Waals surface area contributed by atoms with Crippen LogP contribution < -0.4 is 5.32 Å². The molecule has 0 radical (unpaired) electrons. The molecule has 2 unspecified atom stereocenters. The second kappa shape index (κ2) is 10.5. The van der Waals surface area contributed by atoms with Gasteiger partial charge in [-0.1, -0.05) is 0 Å². The smallest absolute Gasteiger partial charge is 0.0897 e. The van der Waals surface area contributed by atoms with E-state index in [0.717, 1.165) is 39.4 Å². The lowest BCUT2D eigenvalue weighted by molar-refractivity contribution is -0.0312. The fourth-order valence-corrected chi connectivity index (χ4v) is 1.95. The number of ether oxygens (including phenoxy) is 3. The molecule has 6 nitrogen and oxygen atoms in total. The number of hydrogen-bond acceptors (Lipinski definition) is 6. The summed E-state index contributed by atoms with van der Waals surface area (Å²) in [5.74, 6) is 0. The molecule has 1 heterocycles. The summed E-state index contributed by atoms with van der Waals surface area (Å²) in [7, 11) is 1.64. The third-order valence-corrected chi connectivity index (χ3v) is 3.06. The maximum atomic E-state index is 9.74. The van der Waals surface area contributed by atoms with E-state index >= 15 is 0 Å². The molecule has 0 aromatic rings. The molecule has 0 amide bonds. The van der Waals surface area contributed by atoms with E-state index in [9.17, 15) is 5.11 Å². The minimum Gasteiger partial charge on any atom is -0.389 e. The van der Waals surface area contributed by atoms with Gasteiger partial charge >= 0.3 is 0 Å². The molecule has 0 saturated carbocycles. The van der Waals surface area contributed by atoms with Crippen molar-refractivity contribution in [3.63, 3.8) is 0 Å². The van der Waals surface area contributed by atoms with E-state index in [4.69, 9.17) is 14.2 Å². The highest BCUT2D eigenvalue weighted by atomic mass is 16.5. The largest absolute Gasteiger partial charge is 0.389 e. The summed E-state index contributed by atoms with van der Waals surface area (Å²) < 4.78 is 15.7. The Kier molecular flexibility index (Phi) is 9.32. The van der Waals surface area contributed by atoms with Gasteiger partial charge in [-0.3, -0.25) is 4.90 Å². The van der Waals surface area contributed by atoms with Crippen molar-refractivity contribution >= 4 is 0 Å². The first kappa shape index (κ1) is 16.8. The molecule has 1 fully saturated rings. The summed E-state index contributed by atoms with van der Waals surface area (Å²) in [5.41, 5.74) is 0. The van der Waals surface area contributed by atoms with Crippen LogP contribution in [0.4, 0.5) is 0 Å². The van der Waals surface area contributed by atoms with Gasteiger partial charge in [0.25, 0.3) is 0 Å². The van der Waals surface area contributed by atoms with Crippen LogP contribution >= 0.6 is 0 Å². The minimum absolute atomic E-state index is 0.0213. The van der Waals surface area contributed by atoms with Crippen LogP contribution in [0.15, 0.2) is 0 Å². The molecule has 0 aromatic carbocycles. The number of rotatable bonds is 10. The molecule has 0 aliphatic carbocycles. The molecule has 6 heteroatoms. The predicted octanol–water partition coefficient (Wildman–Crippen LogP) is -0.679. The van der Waals surface area contributed by atoms with Crippen LogP contribution in [0.2, 0.25) is 0 Å². The molecule has 1 saturated heterocycles. The quantitative estimate of drug-likeness (QED) is 0.516. The maximum Gasteiger partial charge on any atom is 0.0897 e. The van der Waals surface area contributed by atoms with Crippen molar-refractivity contribution in [2.24, 2.45) is 0 Å². The van der Waals surface area contributed by atoms with E-state index in [1.54, 1.807) is 7.11 Å². The van der Waals surface area contributed by atoms with E-state index in [2.05, 4.69) is 10.2 Å². The number of hydrogen-bond donors (Lipinski definition) is 2. The normalized spacial score (nSPS) is 20.4. The number of nitrogens with zero attached hydrogens (tertiary/aromatic N) is 1. The summed E-state index contributed by atoms with van der Waals surface area (Å²) in [6.45, 7) is 8.92. The van der Waals surface area contributed by atoms with Gasteiger partial charge in [-0.25, -0.2) is 0 Å². The van der Waals surface area contributed by atoms with Crippen LogP contribution in [0.25, 0.3) is 0 Å². The Bertz CT molecular complexity index is 213. The van der Waals surface area contributed by atoms with Crippen molar-refractivity contribution in [1.82, 2.24) is 10.2 Å². The second-order valence-corrected chi connectivity index (χ2v) is 4.91. The van der Waals surface area contributed by atoms with Gasteiger partial charge in [0.15, 0.2) is 0 Å². The SMILES string of the molecule is COCC(C)OCC(O)CNCCN1CCOCC1. The fourth-order valence-electron chi connectivity index (χ4n) is 1.95. The van der Waals surface area contributed by atoms with Crippen LogP contribution in [0.3, 0.4) is 0 Å². The lowest BCUT2D eigenvalue weighted by atomic mass is 10.3. The highest BCUT2D eigenvalue weighted by molar-refractivity contribution is 4.65. The van der Waals surface area contributed by atoms with E-state index in [0.29, 0.717) is 19.8 Å². The number of morpholine rings is 1. The predicted molar refractivity (Wildman–Crippen MR) is 73.4 cm³/mol. The lowest BCUT2D eigenvalue weighted by Crippen LogP contribution is -2.42. The average Bonchev–Trinajstić information content (AvgIpc) is 2.43. The van der Waals surface area contributed by atoms with Gasteiger partial charge in [-0.2, -0.15) is 0 Å². The Labute approximate surface area is 116 Å². The van der Waals surface area contributed by atoms with Gasteiger partial charge in [0.2, 0.25) is 0 Å². The first-order valence-electron chi connectivity index (χ1n) is 7.01. The van der Waals surface area contributed by atoms with Crippen molar-refractivity contribution in [1.29, 1.82) is 0 Å². The molecular weight excluding hydrogens is 248 g/mol. The first-order chi connectivity index (χ1) is 9.22. The van der Waals surface area contributed by atoms with Crippen LogP contribution in [-0.2, 0) is 14.2 Å². The summed E-state index contributed by atoms with van der Waals surface area (Å²) in [5, 5.41) is 13.0. The molecule has 19 heavy (non-hydrogen) atoms. The fraction of sp³-hybridized carbons (Fsp3) is 1.00. The molecule has 0 aromatic heterocycles. The number of methoxy groups -OCH3 is 1. The van der Waals surface area contributed by atoms with Crippen LogP contribution in [0.1, 0.15) is 6.92 Å². The Morgan fingerprint density at radius 3 is 2.74 bits per heavy atom. The molecule has 1 rings (SSSR count). The van der Waals surface area contributed by atoms with Crippen LogP contribution in [0.5, 0.6) is 0 Å². The van der Waals surface area contributed by atoms with Gasteiger partial charge < -0.3 is 24.6 Å². The Hall–Kier alpha value is -0.240. The van der Waals surface area contributed by atoms with E-state index in [-0.39, 0.29) is 6.10 Å². The third-order valence-electron chi connectivity index (χ3n) is 3.06. The van der Waals surface area contributed by atoms with E-state index in [1.807, 2.05) is 6.92 Å². The van der Waals surface area contributed by atoms with Gasteiger partial charge in [-0.05, 0) is 6.92 Å². The lowest BCUT2D eigenvalue weighted by Gasteiger charge is -2.26. The van der Waals surface area contributed by atoms with Crippen LogP contribution in [-0.4, -0.2) is 88.5 Å². The zero-order valence-corrected chi connectivity index (χ0v) is 12.1. The monoisotopic (exact) mass is 276 g/mol. The van der Waals surface area contributed by atoms with Crippen molar-refractivity contribution in [2.75, 3.05) is 66.3 Å². The summed E-state index contributed by atoms with van der Waals surface area (Å²) in [6.07, 6.45) is -0.447. The number of aliphatic hydroxyl groups excluding tert-OH is 1. The Balaban J connectivity index is 1.93. The van der Waals surface area contributed by atoms with Gasteiger partial charge in [0.1, 0.15) is 0 Å². The zero-order chi connectivity index (χ0) is 13.9. The summed E-state index contributed by atoms with van der Waals surface area (Å²) in [6, 6.07) is 0. The molecule has 0 bridgehead atoms. The molecule has 2 N–H and O–H groups in total. The molecule has 2 atom stereocenters. The summed E-state index contributed by atoms with van der Waals surface area (Å²) in [4.78, 5) is 2.36. The van der Waals surface area contributed by atoms with Crippen molar-refractivity contribution in [3.8, 4) is 0 Å². The van der Waals surface area contributed by atoms with Crippen molar-refractivity contribution in [3.05, 3.63) is 0 Å². The third kappa shape index (κ3) is 8.52. The summed E-state index contributed by atoms with van der Waals surface area (Å²) >= 11 is 0. The topological polar surface area (TPSA) is 63.2 Å². The Morgan fingerprint density at radius 2 is 2.05 bits per heavy atom. The average molecular weight is 276 g/mol. The van der Waals surface area contributed by atoms with Crippen molar-refractivity contribution in [2.45, 2.75) is 19.1 Å². The van der Waals surface area contributed by atoms with Gasteiger partial charge in [0, 0.05) is 39.8 Å². The molecular formula is C13H28N2O4. The first-order valence-corrected chi connectivity index (χ1v) is 7.01. The van der Waals surface area contributed by atoms with Crippen LogP contribution in [0, 0.1) is 0 Å². The number of aliphatic hydroxyl groups is 1. The Morgan fingerprint density at radius 1 is 1.32 bits per heavy atom. The van der Waals surface area contributed by atoms with E-state index in [1.165, 1.54) is 0 Å². The van der Waals surface area contributed by atoms with Gasteiger partial charge in [-0.15, -0.1) is 0 Å². The standard InChI is InChI=1S/C13H28N2O4/c1-12(10-17-2)19-11-13(16)9-14-3-4-15-5-7-18-8-6-15/h12-14,16H,3-11H2,1-2H3. The molecule has 1 aliphatic heterocycles. The van der Waals surface area contributed by atoms with Crippen molar-refractivity contribution < 1.29 is 19.3 Å². The van der Waals surface area contributed by atoms with E-state index < -0.39 is 6.10 Å². The minimum atomic E-state index is -0.469. The van der Waals surface area contributed by atoms with Gasteiger partial charge in [0.05, 0.1) is 38.6 Å². The molecule has 114 valence electrons. The maximum absolute atomic E-state index is 9.74. The highest BCUT2D eigenvalue weighted by Crippen LogP contribution is 1.95. The highest BCUT2D eigenvalue weighted by Gasteiger charge is 2.10. The second-order valence-electron chi connectivity index (χ2n) is 4.91. The number of nitrogens with one attached hydrogen (secondary N) is 1. The zero-order valence-electron chi connectivity index (χ0n) is 12.1. The molecule has 0 spiro atoms. The molecule has 1 aliphatic rings.